The van der Waals surface area contributed by atoms with Crippen LogP contribution in [0.4, 0.5) is 0 Å². The molecule has 3 rings (SSSR count). The number of hydrogen-bond donors (Lipinski definition) is 0. The van der Waals surface area contributed by atoms with Crippen LogP contribution >= 0.6 is 23.2 Å². The van der Waals surface area contributed by atoms with E-state index >= 15 is 0 Å². The first kappa shape index (κ1) is 23.6. The van der Waals surface area contributed by atoms with Crippen LogP contribution in [0.25, 0.3) is 0 Å². The first-order chi connectivity index (χ1) is 14.6. The molecule has 30 heavy (non-hydrogen) atoms. The van der Waals surface area contributed by atoms with Crippen molar-refractivity contribution in [3.8, 4) is 0 Å². The first-order valence-electron chi connectivity index (χ1n) is 11.6. The van der Waals surface area contributed by atoms with Gasteiger partial charge in [-0.15, -0.1) is 23.2 Å². The van der Waals surface area contributed by atoms with Gasteiger partial charge in [0.1, 0.15) is 4.84 Å². The number of benzene rings is 2. The van der Waals surface area contributed by atoms with Crippen LogP contribution in [0.5, 0.6) is 0 Å². The molecule has 2 unspecified atom stereocenters. The van der Waals surface area contributed by atoms with Gasteiger partial charge in [0.25, 0.3) is 0 Å². The molecule has 0 heterocycles. The second kappa shape index (κ2) is 12.1. The predicted molar refractivity (Wildman–Crippen MR) is 129 cm³/mol. The Hall–Kier alpha value is -1.02. The molecule has 2 aromatic carbocycles. The molecule has 0 bridgehead atoms. The summed E-state index contributed by atoms with van der Waals surface area (Å²) in [7, 11) is 0. The fourth-order valence-corrected chi connectivity index (χ4v) is 5.10. The van der Waals surface area contributed by atoms with Crippen molar-refractivity contribution in [3.05, 3.63) is 71.8 Å². The zero-order valence-corrected chi connectivity index (χ0v) is 19.8. The molecule has 0 radical (unpaired) electrons. The highest BCUT2D eigenvalue weighted by atomic mass is 35.5. The van der Waals surface area contributed by atoms with Gasteiger partial charge in [0.2, 0.25) is 0 Å². The minimum atomic E-state index is -0.295. The van der Waals surface area contributed by atoms with Crippen molar-refractivity contribution in [2.75, 3.05) is 6.61 Å². The van der Waals surface area contributed by atoms with Crippen LogP contribution < -0.4 is 0 Å². The number of ether oxygens (including phenoxy) is 1. The molecule has 164 valence electrons. The predicted octanol–water partition coefficient (Wildman–Crippen LogP) is 8.55. The average molecular weight is 447 g/mol. The van der Waals surface area contributed by atoms with E-state index in [0.29, 0.717) is 5.92 Å². The van der Waals surface area contributed by atoms with Crippen molar-refractivity contribution in [1.29, 1.82) is 0 Å². The van der Waals surface area contributed by atoms with E-state index in [-0.39, 0.29) is 16.4 Å². The minimum Gasteiger partial charge on any atom is -0.373 e. The Morgan fingerprint density at radius 2 is 1.53 bits per heavy atom. The topological polar surface area (TPSA) is 9.23 Å². The third-order valence-corrected chi connectivity index (χ3v) is 7.28. The van der Waals surface area contributed by atoms with Crippen LogP contribution in [0.1, 0.15) is 75.5 Å². The van der Waals surface area contributed by atoms with Crippen molar-refractivity contribution in [1.82, 2.24) is 0 Å². The summed E-state index contributed by atoms with van der Waals surface area (Å²) in [5, 5.41) is 0. The van der Waals surface area contributed by atoms with Crippen LogP contribution in [0, 0.1) is 11.3 Å². The van der Waals surface area contributed by atoms with Gasteiger partial charge in [0.05, 0.1) is 12.7 Å². The van der Waals surface area contributed by atoms with Crippen LogP contribution in [-0.2, 0) is 11.2 Å². The van der Waals surface area contributed by atoms with E-state index in [1.807, 2.05) is 0 Å². The third kappa shape index (κ3) is 7.29. The molecule has 2 atom stereocenters. The Balaban J connectivity index is 1.70. The number of alkyl halides is 2. The molecule has 0 amide bonds. The van der Waals surface area contributed by atoms with Crippen molar-refractivity contribution in [2.45, 2.75) is 75.7 Å². The molecule has 3 heteroatoms. The van der Waals surface area contributed by atoms with Crippen molar-refractivity contribution >= 4 is 23.2 Å². The summed E-state index contributed by atoms with van der Waals surface area (Å²) in [6.45, 7) is 3.17. The van der Waals surface area contributed by atoms with Crippen molar-refractivity contribution in [2.24, 2.45) is 11.3 Å². The van der Waals surface area contributed by atoms with Crippen LogP contribution in [-0.4, -0.2) is 11.4 Å². The molecule has 1 saturated carbocycles. The lowest BCUT2D eigenvalue weighted by molar-refractivity contribution is -0.0436. The molecule has 0 spiro atoms. The van der Waals surface area contributed by atoms with Gasteiger partial charge in [-0.25, -0.2) is 0 Å². The molecule has 1 aliphatic rings. The third-order valence-electron chi connectivity index (χ3n) is 6.85. The van der Waals surface area contributed by atoms with E-state index in [2.05, 4.69) is 67.6 Å². The van der Waals surface area contributed by atoms with E-state index < -0.39 is 0 Å². The summed E-state index contributed by atoms with van der Waals surface area (Å²) < 4.78 is 6.71. The van der Waals surface area contributed by atoms with Gasteiger partial charge in [-0.2, -0.15) is 0 Å². The summed E-state index contributed by atoms with van der Waals surface area (Å²) >= 11 is 12.2. The van der Waals surface area contributed by atoms with Gasteiger partial charge in [0.15, 0.2) is 0 Å². The zero-order valence-electron chi connectivity index (χ0n) is 18.2. The lowest BCUT2D eigenvalue weighted by Crippen LogP contribution is -2.35. The van der Waals surface area contributed by atoms with E-state index in [9.17, 15) is 0 Å². The second-order valence-electron chi connectivity index (χ2n) is 9.15. The van der Waals surface area contributed by atoms with Gasteiger partial charge in [-0.05, 0) is 61.0 Å². The zero-order chi connectivity index (χ0) is 21.2. The van der Waals surface area contributed by atoms with E-state index in [4.69, 9.17) is 27.9 Å². The molecule has 0 aromatic heterocycles. The van der Waals surface area contributed by atoms with E-state index in [1.165, 1.54) is 43.2 Å². The standard InChI is InChI=1S/C27H36Cl2O/c1-27(20-19-26(28)29,24-15-9-4-10-16-24)21-30-25(23-13-7-3-8-14-23)18-17-22-11-5-2-6-12-22/h2-3,5-8,11-14,24-26H,4,9-10,15-21H2,1H3. The summed E-state index contributed by atoms with van der Waals surface area (Å²) in [6.07, 6.45) is 10.6. The number of hydrogen-bond acceptors (Lipinski definition) is 1. The smallest absolute Gasteiger partial charge is 0.107 e. The normalized spacial score (nSPS) is 18.3. The van der Waals surface area contributed by atoms with Crippen molar-refractivity contribution < 1.29 is 4.74 Å². The summed E-state index contributed by atoms with van der Waals surface area (Å²) in [5.74, 6) is 0.698. The molecule has 1 fully saturated rings. The monoisotopic (exact) mass is 446 g/mol. The maximum absolute atomic E-state index is 6.71. The quantitative estimate of drug-likeness (QED) is 0.314. The summed E-state index contributed by atoms with van der Waals surface area (Å²) in [5.41, 5.74) is 2.76. The Kier molecular flexibility index (Phi) is 9.56. The Labute approximate surface area is 193 Å². The van der Waals surface area contributed by atoms with E-state index in [1.54, 1.807) is 0 Å². The van der Waals surface area contributed by atoms with Crippen molar-refractivity contribution in [3.63, 3.8) is 0 Å². The Morgan fingerprint density at radius 3 is 2.17 bits per heavy atom. The molecule has 0 saturated heterocycles. The molecule has 0 aliphatic heterocycles. The highest BCUT2D eigenvalue weighted by molar-refractivity contribution is 6.44. The maximum atomic E-state index is 6.71. The van der Waals surface area contributed by atoms with E-state index in [0.717, 1.165) is 32.3 Å². The SMILES string of the molecule is CC(CCC(Cl)Cl)(COC(CCc1ccccc1)c1ccccc1)C1CCCCC1. The average Bonchev–Trinajstić information content (AvgIpc) is 2.79. The molecule has 1 nitrogen and oxygen atoms in total. The first-order valence-corrected chi connectivity index (χ1v) is 12.4. The summed E-state index contributed by atoms with van der Waals surface area (Å²) in [4.78, 5) is -0.295. The number of aryl methyl sites for hydroxylation is 1. The lowest BCUT2D eigenvalue weighted by atomic mass is 9.68. The van der Waals surface area contributed by atoms with Gasteiger partial charge < -0.3 is 4.74 Å². The number of halogens is 2. The van der Waals surface area contributed by atoms with Gasteiger partial charge in [0, 0.05) is 0 Å². The molecule has 1 aliphatic carbocycles. The Morgan fingerprint density at radius 1 is 0.900 bits per heavy atom. The molecule has 2 aromatic rings. The van der Waals surface area contributed by atoms with Gasteiger partial charge >= 0.3 is 0 Å². The second-order valence-corrected chi connectivity index (χ2v) is 10.4. The van der Waals surface area contributed by atoms with Crippen LogP contribution in [0.2, 0.25) is 0 Å². The minimum absolute atomic E-state index is 0.108. The number of rotatable bonds is 11. The lowest BCUT2D eigenvalue weighted by Gasteiger charge is -2.41. The van der Waals surface area contributed by atoms with Gasteiger partial charge in [-0.1, -0.05) is 86.8 Å². The van der Waals surface area contributed by atoms with Crippen LogP contribution in [0.3, 0.4) is 0 Å². The summed E-state index contributed by atoms with van der Waals surface area (Å²) in [6, 6.07) is 21.4. The molecular weight excluding hydrogens is 411 g/mol. The molecule has 0 N–H and O–H groups in total. The Bertz CT molecular complexity index is 712. The highest BCUT2D eigenvalue weighted by Gasteiger charge is 2.36. The fourth-order valence-electron chi connectivity index (χ4n) is 4.88. The largest absolute Gasteiger partial charge is 0.373 e. The van der Waals surface area contributed by atoms with Crippen LogP contribution in [0.15, 0.2) is 60.7 Å². The fraction of sp³-hybridized carbons (Fsp3) is 0.556. The molecular formula is C27H36Cl2O. The van der Waals surface area contributed by atoms with Gasteiger partial charge in [-0.3, -0.25) is 0 Å². The highest BCUT2D eigenvalue weighted by Crippen LogP contribution is 2.43. The maximum Gasteiger partial charge on any atom is 0.107 e.